The molecule has 2 N–H and O–H groups in total. The van der Waals surface area contributed by atoms with Crippen molar-refractivity contribution in [3.8, 4) is 0 Å². The predicted molar refractivity (Wildman–Crippen MR) is 61.2 cm³/mol. The number of rotatable bonds is 2. The normalized spacial score (nSPS) is 24.5. The maximum Gasteiger partial charge on any atom is 0.340 e. The van der Waals surface area contributed by atoms with E-state index in [0.29, 0.717) is 0 Å². The molecule has 1 aromatic carbocycles. The summed E-state index contributed by atoms with van der Waals surface area (Å²) in [5.41, 5.74) is 1.04. The van der Waals surface area contributed by atoms with Gasteiger partial charge in [-0.25, -0.2) is 4.79 Å². The molecule has 15 heavy (non-hydrogen) atoms. The highest BCUT2D eigenvalue weighted by atomic mass is 32.2. The molecule has 0 bridgehead atoms. The number of hydrogen-bond acceptors (Lipinski definition) is 3. The van der Waals surface area contributed by atoms with Crippen LogP contribution in [0.4, 0.5) is 0 Å². The van der Waals surface area contributed by atoms with Crippen LogP contribution in [0.15, 0.2) is 36.5 Å². The van der Waals surface area contributed by atoms with Crippen molar-refractivity contribution < 1.29 is 9.90 Å². The maximum atomic E-state index is 11.0. The topological polar surface area (TPSA) is 49.3 Å². The molecule has 0 saturated heterocycles. The van der Waals surface area contributed by atoms with Crippen LogP contribution in [0.25, 0.3) is 4.91 Å². The van der Waals surface area contributed by atoms with Crippen LogP contribution in [-0.4, -0.2) is 15.9 Å². The Labute approximate surface area is 92.2 Å². The fourth-order valence-electron chi connectivity index (χ4n) is 1.33. The van der Waals surface area contributed by atoms with Crippen molar-refractivity contribution in [3.05, 3.63) is 42.1 Å². The molecule has 0 spiro atoms. The average Bonchev–Trinajstić information content (AvgIpc) is 2.64. The lowest BCUT2D eigenvalue weighted by atomic mass is 10.2. The second kappa shape index (κ2) is 3.62. The summed E-state index contributed by atoms with van der Waals surface area (Å²) in [6.45, 7) is 1.66. The SMILES string of the molecule is CC1(C(=O)O)NC=C(c2ccccc2)S1. The molecule has 0 aromatic heterocycles. The lowest BCUT2D eigenvalue weighted by Crippen LogP contribution is -2.40. The Bertz CT molecular complexity index is 416. The number of benzene rings is 1. The van der Waals surface area contributed by atoms with Crippen LogP contribution in [0.1, 0.15) is 12.5 Å². The lowest BCUT2D eigenvalue weighted by Gasteiger charge is -2.18. The fourth-order valence-corrected chi connectivity index (χ4v) is 2.35. The van der Waals surface area contributed by atoms with Crippen LogP contribution in [-0.2, 0) is 4.79 Å². The van der Waals surface area contributed by atoms with Gasteiger partial charge >= 0.3 is 5.97 Å². The summed E-state index contributed by atoms with van der Waals surface area (Å²) in [6.07, 6.45) is 1.76. The van der Waals surface area contributed by atoms with Crippen LogP contribution < -0.4 is 5.32 Å². The number of aliphatic carboxylic acids is 1. The number of hydrogen-bond donors (Lipinski definition) is 2. The van der Waals surface area contributed by atoms with Gasteiger partial charge in [0.25, 0.3) is 0 Å². The van der Waals surface area contributed by atoms with E-state index in [2.05, 4.69) is 5.32 Å². The average molecular weight is 221 g/mol. The minimum absolute atomic E-state index is 0.852. The largest absolute Gasteiger partial charge is 0.479 e. The maximum absolute atomic E-state index is 11.0. The predicted octanol–water partition coefficient (Wildman–Crippen LogP) is 2.12. The first-order chi connectivity index (χ1) is 7.12. The van der Waals surface area contributed by atoms with Gasteiger partial charge in [0, 0.05) is 11.1 Å². The molecule has 0 fully saturated rings. The van der Waals surface area contributed by atoms with E-state index in [1.54, 1.807) is 13.1 Å². The molecule has 0 amide bonds. The molecule has 1 aromatic rings. The smallest absolute Gasteiger partial charge is 0.340 e. The summed E-state index contributed by atoms with van der Waals surface area (Å²) in [7, 11) is 0. The Morgan fingerprint density at radius 2 is 2.07 bits per heavy atom. The molecule has 1 heterocycles. The first kappa shape index (κ1) is 10.1. The van der Waals surface area contributed by atoms with E-state index >= 15 is 0 Å². The van der Waals surface area contributed by atoms with E-state index in [4.69, 9.17) is 5.11 Å². The summed E-state index contributed by atoms with van der Waals surface area (Å²) in [5.74, 6) is -0.852. The third-order valence-corrected chi connectivity index (χ3v) is 3.53. The Morgan fingerprint density at radius 1 is 1.40 bits per heavy atom. The van der Waals surface area contributed by atoms with E-state index in [-0.39, 0.29) is 0 Å². The molecule has 1 unspecified atom stereocenters. The number of thioether (sulfide) groups is 1. The molecule has 0 radical (unpaired) electrons. The third-order valence-electron chi connectivity index (χ3n) is 2.26. The Kier molecular flexibility index (Phi) is 2.44. The minimum Gasteiger partial charge on any atom is -0.479 e. The van der Waals surface area contributed by atoms with Gasteiger partial charge < -0.3 is 10.4 Å². The molecule has 2 rings (SSSR count). The zero-order chi connectivity index (χ0) is 10.9. The highest BCUT2D eigenvalue weighted by molar-refractivity contribution is 8.10. The Morgan fingerprint density at radius 3 is 2.60 bits per heavy atom. The molecular weight excluding hydrogens is 210 g/mol. The number of carboxylic acid groups (broad SMARTS) is 1. The van der Waals surface area contributed by atoms with Crippen LogP contribution in [0.5, 0.6) is 0 Å². The molecule has 1 atom stereocenters. The highest BCUT2D eigenvalue weighted by Gasteiger charge is 2.38. The molecule has 3 nitrogen and oxygen atoms in total. The van der Waals surface area contributed by atoms with Crippen LogP contribution in [0, 0.1) is 0 Å². The molecule has 78 valence electrons. The van der Waals surface area contributed by atoms with Crippen molar-refractivity contribution in [1.29, 1.82) is 0 Å². The standard InChI is InChI=1S/C11H11NO2S/c1-11(10(13)14)12-7-9(15-11)8-5-3-2-4-6-8/h2-7,12H,1H3,(H,13,14). The van der Waals surface area contributed by atoms with Gasteiger partial charge in [0.2, 0.25) is 0 Å². The zero-order valence-corrected chi connectivity index (χ0v) is 9.04. The van der Waals surface area contributed by atoms with Crippen LogP contribution in [0.3, 0.4) is 0 Å². The molecule has 1 aliphatic heterocycles. The van der Waals surface area contributed by atoms with Crippen molar-refractivity contribution in [2.75, 3.05) is 0 Å². The molecule has 0 aliphatic carbocycles. The van der Waals surface area contributed by atoms with Crippen LogP contribution in [0.2, 0.25) is 0 Å². The fraction of sp³-hybridized carbons (Fsp3) is 0.182. The number of carboxylic acids is 1. The first-order valence-electron chi connectivity index (χ1n) is 4.57. The van der Waals surface area contributed by atoms with Gasteiger partial charge in [-0.2, -0.15) is 0 Å². The third kappa shape index (κ3) is 1.85. The van der Waals surface area contributed by atoms with E-state index in [9.17, 15) is 4.79 Å². The lowest BCUT2D eigenvalue weighted by molar-refractivity contribution is -0.139. The second-order valence-corrected chi connectivity index (χ2v) is 4.92. The molecule has 1 aliphatic rings. The minimum atomic E-state index is -0.939. The quantitative estimate of drug-likeness (QED) is 0.803. The molecule has 4 heteroatoms. The van der Waals surface area contributed by atoms with E-state index in [0.717, 1.165) is 10.5 Å². The van der Waals surface area contributed by atoms with Crippen molar-refractivity contribution in [2.24, 2.45) is 0 Å². The van der Waals surface area contributed by atoms with E-state index < -0.39 is 10.8 Å². The van der Waals surface area contributed by atoms with E-state index in [1.807, 2.05) is 30.3 Å². The zero-order valence-electron chi connectivity index (χ0n) is 8.23. The van der Waals surface area contributed by atoms with Crippen molar-refractivity contribution in [3.63, 3.8) is 0 Å². The van der Waals surface area contributed by atoms with E-state index in [1.165, 1.54) is 11.8 Å². The number of nitrogens with one attached hydrogen (secondary N) is 1. The van der Waals surface area contributed by atoms with Gasteiger partial charge in [-0.15, -0.1) is 0 Å². The first-order valence-corrected chi connectivity index (χ1v) is 5.39. The van der Waals surface area contributed by atoms with Crippen molar-refractivity contribution in [1.82, 2.24) is 5.32 Å². The van der Waals surface area contributed by atoms with Gasteiger partial charge in [0.05, 0.1) is 0 Å². The summed E-state index contributed by atoms with van der Waals surface area (Å²) >= 11 is 1.32. The highest BCUT2D eigenvalue weighted by Crippen LogP contribution is 2.40. The summed E-state index contributed by atoms with van der Waals surface area (Å²) in [4.78, 5) is 11.0. The van der Waals surface area contributed by atoms with Gasteiger partial charge in [-0.1, -0.05) is 42.1 Å². The summed E-state index contributed by atoms with van der Waals surface area (Å²) in [6, 6.07) is 9.75. The van der Waals surface area contributed by atoms with Gasteiger partial charge in [0.15, 0.2) is 4.87 Å². The Balaban J connectivity index is 2.21. The molecule has 0 saturated carbocycles. The molecular formula is C11H11NO2S. The van der Waals surface area contributed by atoms with Gasteiger partial charge in [-0.05, 0) is 12.5 Å². The number of carbonyl (C=O) groups is 1. The van der Waals surface area contributed by atoms with Gasteiger partial charge in [-0.3, -0.25) is 0 Å². The summed E-state index contributed by atoms with van der Waals surface area (Å²) in [5, 5.41) is 11.9. The monoisotopic (exact) mass is 221 g/mol. The Hall–Kier alpha value is -1.42. The van der Waals surface area contributed by atoms with Crippen molar-refractivity contribution in [2.45, 2.75) is 11.8 Å². The second-order valence-electron chi connectivity index (χ2n) is 3.46. The van der Waals surface area contributed by atoms with Crippen molar-refractivity contribution >= 4 is 22.6 Å². The van der Waals surface area contributed by atoms with Gasteiger partial charge in [0.1, 0.15) is 0 Å². The summed E-state index contributed by atoms with van der Waals surface area (Å²) < 4.78 is 0. The van der Waals surface area contributed by atoms with Crippen LogP contribution >= 0.6 is 11.8 Å².